The number of rotatable bonds is 5. The van der Waals surface area contributed by atoms with Gasteiger partial charge in [0.15, 0.2) is 0 Å². The number of anilines is 1. The summed E-state index contributed by atoms with van der Waals surface area (Å²) < 4.78 is 27.4. The topological polar surface area (TPSA) is 131 Å². The van der Waals surface area contributed by atoms with Crippen molar-refractivity contribution in [1.29, 1.82) is 0 Å². The van der Waals surface area contributed by atoms with Crippen molar-refractivity contribution in [3.63, 3.8) is 0 Å². The summed E-state index contributed by atoms with van der Waals surface area (Å²) >= 11 is 0. The molecule has 138 valence electrons. The average Bonchev–Trinajstić information content (AvgIpc) is 3.15. The standard InChI is InChI=1S/C16H18N4O5S/c21-14(9-17-16(22)12-5-7-26(23,24)8-6-12)19-13-3-1-11(2-4-13)15-18-10-25-20-15/h1-4,10,12H,5-9H2,(H,17,22)(H,19,21). The number of carbonyl (C=O) groups is 2. The molecule has 3 rings (SSSR count). The molecule has 2 N–H and O–H groups in total. The summed E-state index contributed by atoms with van der Waals surface area (Å²) in [5.74, 6) is -0.532. The van der Waals surface area contributed by atoms with Crippen LogP contribution < -0.4 is 10.6 Å². The van der Waals surface area contributed by atoms with Crippen molar-refractivity contribution in [2.75, 3.05) is 23.4 Å². The molecule has 10 heteroatoms. The summed E-state index contributed by atoms with van der Waals surface area (Å²) in [6.07, 6.45) is 1.83. The molecule has 0 spiro atoms. The van der Waals surface area contributed by atoms with E-state index in [4.69, 9.17) is 0 Å². The second-order valence-corrected chi connectivity index (χ2v) is 8.33. The van der Waals surface area contributed by atoms with Crippen molar-refractivity contribution in [2.45, 2.75) is 12.8 Å². The van der Waals surface area contributed by atoms with Crippen LogP contribution in [0.25, 0.3) is 11.4 Å². The number of nitrogens with one attached hydrogen (secondary N) is 2. The van der Waals surface area contributed by atoms with Crippen LogP contribution in [0.5, 0.6) is 0 Å². The van der Waals surface area contributed by atoms with E-state index in [1.54, 1.807) is 24.3 Å². The Balaban J connectivity index is 1.46. The molecule has 2 heterocycles. The highest BCUT2D eigenvalue weighted by molar-refractivity contribution is 7.91. The predicted molar refractivity (Wildman–Crippen MR) is 92.8 cm³/mol. The van der Waals surface area contributed by atoms with Crippen LogP contribution in [0.3, 0.4) is 0 Å². The molecule has 0 saturated carbocycles. The van der Waals surface area contributed by atoms with Crippen LogP contribution in [0.15, 0.2) is 35.2 Å². The van der Waals surface area contributed by atoms with Crippen LogP contribution in [-0.4, -0.2) is 48.4 Å². The molecule has 1 fully saturated rings. The Morgan fingerprint density at radius 1 is 1.15 bits per heavy atom. The van der Waals surface area contributed by atoms with Crippen LogP contribution in [0.1, 0.15) is 12.8 Å². The zero-order valence-corrected chi connectivity index (χ0v) is 14.7. The number of aromatic nitrogens is 2. The van der Waals surface area contributed by atoms with E-state index in [0.717, 1.165) is 5.56 Å². The molecule has 2 amide bonds. The summed E-state index contributed by atoms with van der Waals surface area (Å²) in [6.45, 7) is -0.172. The molecule has 26 heavy (non-hydrogen) atoms. The van der Waals surface area contributed by atoms with Crippen molar-refractivity contribution < 1.29 is 22.5 Å². The van der Waals surface area contributed by atoms with Crippen LogP contribution in [0, 0.1) is 5.92 Å². The van der Waals surface area contributed by atoms with Crippen LogP contribution in [0.4, 0.5) is 5.69 Å². The number of hydrogen-bond donors (Lipinski definition) is 2. The highest BCUT2D eigenvalue weighted by Gasteiger charge is 2.28. The van der Waals surface area contributed by atoms with Gasteiger partial charge in [0, 0.05) is 17.2 Å². The Morgan fingerprint density at radius 2 is 1.85 bits per heavy atom. The van der Waals surface area contributed by atoms with E-state index in [9.17, 15) is 18.0 Å². The van der Waals surface area contributed by atoms with Gasteiger partial charge in [0.25, 0.3) is 0 Å². The molecular formula is C16H18N4O5S. The third-order valence-corrected chi connectivity index (χ3v) is 5.85. The maximum Gasteiger partial charge on any atom is 0.243 e. The van der Waals surface area contributed by atoms with Gasteiger partial charge < -0.3 is 15.2 Å². The number of nitrogens with zero attached hydrogens (tertiary/aromatic N) is 2. The van der Waals surface area contributed by atoms with Gasteiger partial charge in [-0.05, 0) is 37.1 Å². The predicted octanol–water partition coefficient (Wildman–Crippen LogP) is 0.616. The largest absolute Gasteiger partial charge is 0.347 e. The molecule has 0 bridgehead atoms. The second-order valence-electron chi connectivity index (χ2n) is 6.02. The van der Waals surface area contributed by atoms with E-state index in [-0.39, 0.29) is 35.8 Å². The molecule has 1 aromatic heterocycles. The summed E-state index contributed by atoms with van der Waals surface area (Å²) in [5.41, 5.74) is 1.32. The molecule has 1 aliphatic rings. The first kappa shape index (κ1) is 18.1. The zero-order valence-electron chi connectivity index (χ0n) is 13.8. The van der Waals surface area contributed by atoms with Gasteiger partial charge in [0.2, 0.25) is 24.0 Å². The monoisotopic (exact) mass is 378 g/mol. The van der Waals surface area contributed by atoms with E-state index in [1.807, 2.05) is 0 Å². The molecule has 0 radical (unpaired) electrons. The van der Waals surface area contributed by atoms with E-state index in [1.165, 1.54) is 6.39 Å². The molecule has 1 saturated heterocycles. The van der Waals surface area contributed by atoms with Crippen molar-refractivity contribution in [1.82, 2.24) is 15.5 Å². The second kappa shape index (κ2) is 7.65. The molecule has 2 aromatic rings. The first-order valence-corrected chi connectivity index (χ1v) is 9.90. The summed E-state index contributed by atoms with van der Waals surface area (Å²) in [7, 11) is -3.02. The maximum atomic E-state index is 12.0. The van der Waals surface area contributed by atoms with Crippen LogP contribution >= 0.6 is 0 Å². The highest BCUT2D eigenvalue weighted by atomic mass is 32.2. The highest BCUT2D eigenvalue weighted by Crippen LogP contribution is 2.19. The van der Waals surface area contributed by atoms with Gasteiger partial charge in [-0.2, -0.15) is 4.98 Å². The SMILES string of the molecule is O=C(CNC(=O)C1CCS(=O)(=O)CC1)Nc1ccc(-c2ncon2)cc1. The van der Waals surface area contributed by atoms with Gasteiger partial charge in [-0.25, -0.2) is 8.42 Å². The van der Waals surface area contributed by atoms with E-state index in [0.29, 0.717) is 24.4 Å². The van der Waals surface area contributed by atoms with Crippen LogP contribution in [0.2, 0.25) is 0 Å². The smallest absolute Gasteiger partial charge is 0.243 e. The first-order chi connectivity index (χ1) is 12.4. The Bertz CT molecular complexity index is 864. The molecule has 0 atom stereocenters. The van der Waals surface area contributed by atoms with E-state index >= 15 is 0 Å². The van der Waals surface area contributed by atoms with Gasteiger partial charge in [-0.1, -0.05) is 5.16 Å². The lowest BCUT2D eigenvalue weighted by molar-refractivity contribution is -0.127. The number of carbonyl (C=O) groups excluding carboxylic acids is 2. The lowest BCUT2D eigenvalue weighted by atomic mass is 10.0. The lowest BCUT2D eigenvalue weighted by Crippen LogP contribution is -2.39. The third-order valence-electron chi connectivity index (χ3n) is 4.14. The molecule has 1 aromatic carbocycles. The van der Waals surface area contributed by atoms with Gasteiger partial charge in [0.1, 0.15) is 9.84 Å². The number of amides is 2. The maximum absolute atomic E-state index is 12.0. The van der Waals surface area contributed by atoms with Crippen LogP contribution in [-0.2, 0) is 19.4 Å². The average molecular weight is 378 g/mol. The number of sulfone groups is 1. The minimum Gasteiger partial charge on any atom is -0.347 e. The van der Waals surface area contributed by atoms with Gasteiger partial charge >= 0.3 is 0 Å². The quantitative estimate of drug-likeness (QED) is 0.779. The zero-order chi connectivity index (χ0) is 18.6. The van der Waals surface area contributed by atoms with Crippen molar-refractivity contribution >= 4 is 27.3 Å². The molecule has 9 nitrogen and oxygen atoms in total. The molecule has 0 unspecified atom stereocenters. The van der Waals surface area contributed by atoms with Crippen molar-refractivity contribution in [3.05, 3.63) is 30.7 Å². The molecule has 0 aliphatic carbocycles. The van der Waals surface area contributed by atoms with Gasteiger partial charge in [-0.15, -0.1) is 0 Å². The summed E-state index contributed by atoms with van der Waals surface area (Å²) in [6, 6.07) is 6.86. The number of benzene rings is 1. The summed E-state index contributed by atoms with van der Waals surface area (Å²) in [5, 5.41) is 8.95. The van der Waals surface area contributed by atoms with Gasteiger partial charge in [0.05, 0.1) is 18.1 Å². The Morgan fingerprint density at radius 3 is 2.46 bits per heavy atom. The third kappa shape index (κ3) is 4.66. The van der Waals surface area contributed by atoms with Crippen molar-refractivity contribution in [3.8, 4) is 11.4 Å². The normalized spacial score (nSPS) is 16.8. The Kier molecular flexibility index (Phi) is 5.31. The fourth-order valence-corrected chi connectivity index (χ4v) is 4.16. The minimum absolute atomic E-state index is 0.0179. The first-order valence-electron chi connectivity index (χ1n) is 8.08. The number of hydrogen-bond acceptors (Lipinski definition) is 7. The molecular weight excluding hydrogens is 360 g/mol. The fourth-order valence-electron chi connectivity index (χ4n) is 2.67. The van der Waals surface area contributed by atoms with Crippen molar-refractivity contribution in [2.24, 2.45) is 5.92 Å². The fraction of sp³-hybridized carbons (Fsp3) is 0.375. The lowest BCUT2D eigenvalue weighted by Gasteiger charge is -2.20. The Labute approximate surface area is 150 Å². The summed E-state index contributed by atoms with van der Waals surface area (Å²) in [4.78, 5) is 27.9. The van der Waals surface area contributed by atoms with Gasteiger partial charge in [-0.3, -0.25) is 9.59 Å². The Hall–Kier alpha value is -2.75. The van der Waals surface area contributed by atoms with E-state index in [2.05, 4.69) is 25.3 Å². The van der Waals surface area contributed by atoms with E-state index < -0.39 is 9.84 Å². The minimum atomic E-state index is -3.02. The molecule has 1 aliphatic heterocycles.